The van der Waals surface area contributed by atoms with E-state index in [1.165, 1.54) is 0 Å². The Balaban J connectivity index is 2.71. The summed E-state index contributed by atoms with van der Waals surface area (Å²) >= 11 is 5.65. The highest BCUT2D eigenvalue weighted by molar-refractivity contribution is 6.21. The molecule has 0 saturated heterocycles. The fourth-order valence-electron chi connectivity index (χ4n) is 1.97. The number of carbonyl (C=O) groups is 1. The van der Waals surface area contributed by atoms with Crippen LogP contribution >= 0.6 is 11.6 Å². The van der Waals surface area contributed by atoms with Crippen LogP contribution in [-0.4, -0.2) is 42.1 Å². The van der Waals surface area contributed by atoms with Crippen molar-refractivity contribution in [1.82, 2.24) is 4.90 Å². The number of alkyl halides is 7. The van der Waals surface area contributed by atoms with Gasteiger partial charge >= 0.3 is 12.4 Å². The molecule has 1 rings (SSSR count). The summed E-state index contributed by atoms with van der Waals surface area (Å²) in [4.78, 5) is 11.8. The lowest BCUT2D eigenvalue weighted by atomic mass is 9.84. The van der Waals surface area contributed by atoms with Crippen LogP contribution in [0.15, 0.2) is 0 Å². The predicted molar refractivity (Wildman–Crippen MR) is 55.6 cm³/mol. The molecule has 1 saturated carbocycles. The highest BCUT2D eigenvalue weighted by atomic mass is 35.5. The van der Waals surface area contributed by atoms with E-state index in [0.717, 1.165) is 7.05 Å². The van der Waals surface area contributed by atoms with Gasteiger partial charge in [-0.1, -0.05) is 0 Å². The van der Waals surface area contributed by atoms with Crippen molar-refractivity contribution < 1.29 is 31.1 Å². The van der Waals surface area contributed by atoms with Crippen molar-refractivity contribution in [1.29, 1.82) is 0 Å². The van der Waals surface area contributed by atoms with Gasteiger partial charge in [0.15, 0.2) is 0 Å². The molecular weight excluding hydrogens is 300 g/mol. The summed E-state index contributed by atoms with van der Waals surface area (Å²) in [5.41, 5.74) is 0. The lowest BCUT2D eigenvalue weighted by Gasteiger charge is -2.35. The van der Waals surface area contributed by atoms with Crippen LogP contribution < -0.4 is 0 Å². The van der Waals surface area contributed by atoms with Crippen LogP contribution in [0.25, 0.3) is 0 Å². The summed E-state index contributed by atoms with van der Waals surface area (Å²) < 4.78 is 74.0. The van der Waals surface area contributed by atoms with Gasteiger partial charge in [-0.15, -0.1) is 11.6 Å². The third-order valence-corrected chi connectivity index (χ3v) is 3.34. The molecule has 1 aliphatic rings. The van der Waals surface area contributed by atoms with E-state index in [1.807, 2.05) is 0 Å². The zero-order chi connectivity index (χ0) is 15.0. The van der Waals surface area contributed by atoms with Gasteiger partial charge < -0.3 is 4.90 Å². The van der Waals surface area contributed by atoms with Crippen molar-refractivity contribution in [2.75, 3.05) is 13.6 Å². The maximum absolute atomic E-state index is 12.3. The molecule has 0 aromatic rings. The first kappa shape index (κ1) is 16.4. The van der Waals surface area contributed by atoms with Gasteiger partial charge in [-0.2, -0.15) is 26.3 Å². The van der Waals surface area contributed by atoms with E-state index in [2.05, 4.69) is 0 Å². The van der Waals surface area contributed by atoms with Crippen molar-refractivity contribution in [2.24, 2.45) is 11.8 Å². The van der Waals surface area contributed by atoms with Gasteiger partial charge in [-0.25, -0.2) is 0 Å². The second-order valence-electron chi connectivity index (χ2n) is 4.67. The molecule has 0 aliphatic heterocycles. The molecule has 0 radical (unpaired) electrons. The Bertz CT molecular complexity index is 322. The van der Waals surface area contributed by atoms with Crippen LogP contribution in [0.1, 0.15) is 12.8 Å². The Labute approximate surface area is 110 Å². The van der Waals surface area contributed by atoms with Crippen molar-refractivity contribution in [2.45, 2.75) is 30.6 Å². The van der Waals surface area contributed by atoms with Gasteiger partial charge in [0.2, 0.25) is 11.8 Å². The van der Waals surface area contributed by atoms with Crippen LogP contribution in [-0.2, 0) is 4.79 Å². The van der Waals surface area contributed by atoms with Gasteiger partial charge in [0.25, 0.3) is 0 Å². The fraction of sp³-hybridized carbons (Fsp3) is 0.900. The maximum Gasteiger partial charge on any atom is 0.409 e. The summed E-state index contributed by atoms with van der Waals surface area (Å²) in [6, 6.07) is 0. The normalized spacial score (nSPS) is 24.3. The van der Waals surface area contributed by atoms with E-state index < -0.39 is 24.2 Å². The van der Waals surface area contributed by atoms with Crippen LogP contribution in [0.5, 0.6) is 0 Å². The fourth-order valence-corrected chi connectivity index (χ4v) is 2.47. The average Bonchev–Trinajstić information content (AvgIpc) is 2.10. The molecule has 1 fully saturated rings. The van der Waals surface area contributed by atoms with Gasteiger partial charge in [0, 0.05) is 19.0 Å². The molecule has 0 N–H and O–H groups in total. The maximum atomic E-state index is 12.3. The summed E-state index contributed by atoms with van der Waals surface area (Å²) in [5.74, 6) is -6.08. The quantitative estimate of drug-likeness (QED) is 0.579. The van der Waals surface area contributed by atoms with Crippen LogP contribution in [0, 0.1) is 11.8 Å². The molecule has 0 aromatic carbocycles. The molecule has 0 heterocycles. The molecule has 1 amide bonds. The minimum atomic E-state index is -5.64. The minimum absolute atomic E-state index is 0.116. The molecular formula is C10H12ClF6NO. The molecule has 112 valence electrons. The summed E-state index contributed by atoms with van der Waals surface area (Å²) in [6.45, 7) is -0.148. The van der Waals surface area contributed by atoms with E-state index >= 15 is 0 Å². The van der Waals surface area contributed by atoms with E-state index in [4.69, 9.17) is 11.6 Å². The minimum Gasteiger partial charge on any atom is -0.345 e. The van der Waals surface area contributed by atoms with Gasteiger partial charge in [-0.05, 0) is 18.8 Å². The lowest BCUT2D eigenvalue weighted by Crippen LogP contribution is -2.50. The molecule has 19 heavy (non-hydrogen) atoms. The van der Waals surface area contributed by atoms with Gasteiger partial charge in [-0.3, -0.25) is 4.79 Å². The first-order valence-electron chi connectivity index (χ1n) is 5.45. The zero-order valence-corrected chi connectivity index (χ0v) is 10.6. The summed E-state index contributed by atoms with van der Waals surface area (Å²) in [5, 5.41) is -0.116. The number of rotatable bonds is 3. The molecule has 1 aliphatic carbocycles. The molecule has 0 bridgehead atoms. The monoisotopic (exact) mass is 311 g/mol. The summed E-state index contributed by atoms with van der Waals surface area (Å²) in [6.07, 6.45) is -10.3. The van der Waals surface area contributed by atoms with Crippen molar-refractivity contribution >= 4 is 17.5 Å². The van der Waals surface area contributed by atoms with Crippen LogP contribution in [0.4, 0.5) is 26.3 Å². The molecule has 0 unspecified atom stereocenters. The average molecular weight is 312 g/mol. The third kappa shape index (κ3) is 4.15. The van der Waals surface area contributed by atoms with E-state index in [9.17, 15) is 31.1 Å². The number of amides is 1. The SMILES string of the molecule is CN(CC1CC(Cl)C1)C(=O)C(C(F)(F)F)C(F)(F)F. The third-order valence-electron chi connectivity index (χ3n) is 2.99. The molecule has 0 aromatic heterocycles. The highest BCUT2D eigenvalue weighted by Gasteiger charge is 2.61. The Morgan fingerprint density at radius 1 is 1.21 bits per heavy atom. The van der Waals surface area contributed by atoms with Gasteiger partial charge in [0.1, 0.15) is 0 Å². The Kier molecular flexibility index (Phi) is 4.64. The van der Waals surface area contributed by atoms with Crippen LogP contribution in [0.3, 0.4) is 0 Å². The number of carbonyl (C=O) groups excluding carboxylic acids is 1. The van der Waals surface area contributed by atoms with E-state index in [1.54, 1.807) is 0 Å². The highest BCUT2D eigenvalue weighted by Crippen LogP contribution is 2.41. The first-order chi connectivity index (χ1) is 8.43. The largest absolute Gasteiger partial charge is 0.409 e. The Hall–Kier alpha value is -0.660. The van der Waals surface area contributed by atoms with Crippen molar-refractivity contribution in [3.63, 3.8) is 0 Å². The Morgan fingerprint density at radius 2 is 1.63 bits per heavy atom. The zero-order valence-electron chi connectivity index (χ0n) is 9.85. The molecule has 9 heteroatoms. The summed E-state index contributed by atoms with van der Waals surface area (Å²) in [7, 11) is 0.939. The number of hydrogen-bond donors (Lipinski definition) is 0. The standard InChI is InChI=1S/C10H12ClF6NO/c1-18(4-5-2-6(11)3-5)8(19)7(9(12,13)14)10(15,16)17/h5-7H,2-4H2,1H3. The first-order valence-corrected chi connectivity index (χ1v) is 5.89. The van der Waals surface area contributed by atoms with Crippen LogP contribution in [0.2, 0.25) is 0 Å². The second kappa shape index (κ2) is 5.38. The predicted octanol–water partition coefficient (Wildman–Crippen LogP) is 3.20. The molecule has 0 spiro atoms. The number of nitrogens with zero attached hydrogens (tertiary/aromatic N) is 1. The lowest BCUT2D eigenvalue weighted by molar-refractivity contribution is -0.277. The van der Waals surface area contributed by atoms with Gasteiger partial charge in [0.05, 0.1) is 0 Å². The Morgan fingerprint density at radius 3 is 1.95 bits per heavy atom. The van der Waals surface area contributed by atoms with Crippen molar-refractivity contribution in [3.05, 3.63) is 0 Å². The molecule has 2 nitrogen and oxygen atoms in total. The second-order valence-corrected chi connectivity index (χ2v) is 5.29. The molecule has 0 atom stereocenters. The topological polar surface area (TPSA) is 20.3 Å². The number of halogens is 7. The van der Waals surface area contributed by atoms with Crippen molar-refractivity contribution in [3.8, 4) is 0 Å². The van der Waals surface area contributed by atoms with E-state index in [-0.39, 0.29) is 17.8 Å². The van der Waals surface area contributed by atoms with E-state index in [0.29, 0.717) is 17.7 Å². The number of hydrogen-bond acceptors (Lipinski definition) is 1. The smallest absolute Gasteiger partial charge is 0.345 e.